The highest BCUT2D eigenvalue weighted by Gasteiger charge is 2.24. The van der Waals surface area contributed by atoms with Gasteiger partial charge in [0.15, 0.2) is 0 Å². The van der Waals surface area contributed by atoms with E-state index in [9.17, 15) is 4.79 Å². The summed E-state index contributed by atoms with van der Waals surface area (Å²) in [6.07, 6.45) is 3.39. The molecule has 6 heteroatoms. The van der Waals surface area contributed by atoms with E-state index < -0.39 is 0 Å². The van der Waals surface area contributed by atoms with E-state index in [4.69, 9.17) is 9.52 Å². The number of hydrogen-bond acceptors (Lipinski definition) is 4. The Morgan fingerprint density at radius 3 is 2.76 bits per heavy atom. The van der Waals surface area contributed by atoms with Gasteiger partial charge in [0, 0.05) is 26.2 Å². The zero-order valence-corrected chi connectivity index (χ0v) is 12.8. The molecule has 2 rings (SSSR count). The molecule has 2 heterocycles. The van der Waals surface area contributed by atoms with Gasteiger partial charge in [-0.15, -0.1) is 0 Å². The Balaban J connectivity index is 1.82. The van der Waals surface area contributed by atoms with Crippen LogP contribution in [0, 0.1) is 5.92 Å². The lowest BCUT2D eigenvalue weighted by Gasteiger charge is -2.32. The van der Waals surface area contributed by atoms with Crippen molar-refractivity contribution in [1.29, 1.82) is 0 Å². The standard InChI is InChI=1S/C15H25N3O3/c1-17(2)13(14-4-3-9-21-14)10-16-15(20)18-7-5-12(11-19)6-8-18/h3-4,9,12-13,19H,5-8,10-11H2,1-2H3,(H,16,20)/t13-/m1/s1. The second kappa shape index (κ2) is 7.47. The normalized spacial score (nSPS) is 18.0. The highest BCUT2D eigenvalue weighted by atomic mass is 16.3. The van der Waals surface area contributed by atoms with Crippen LogP contribution >= 0.6 is 0 Å². The number of likely N-dealkylation sites (N-methyl/N-ethyl adjacent to an activating group) is 1. The minimum Gasteiger partial charge on any atom is -0.468 e. The van der Waals surface area contributed by atoms with Crippen molar-refractivity contribution in [2.75, 3.05) is 40.3 Å². The summed E-state index contributed by atoms with van der Waals surface area (Å²) in [7, 11) is 3.93. The fourth-order valence-corrected chi connectivity index (χ4v) is 2.63. The lowest BCUT2D eigenvalue weighted by Crippen LogP contribution is -2.46. The third-order valence-electron chi connectivity index (χ3n) is 4.10. The van der Waals surface area contributed by atoms with Gasteiger partial charge >= 0.3 is 6.03 Å². The van der Waals surface area contributed by atoms with Crippen LogP contribution in [0.3, 0.4) is 0 Å². The summed E-state index contributed by atoms with van der Waals surface area (Å²) in [4.78, 5) is 16.0. The van der Waals surface area contributed by atoms with Crippen LogP contribution in [0.4, 0.5) is 4.79 Å². The molecule has 0 bridgehead atoms. The van der Waals surface area contributed by atoms with Crippen LogP contribution in [0.2, 0.25) is 0 Å². The van der Waals surface area contributed by atoms with E-state index in [2.05, 4.69) is 5.32 Å². The van der Waals surface area contributed by atoms with E-state index in [0.29, 0.717) is 25.6 Å². The molecule has 2 amide bonds. The Bertz CT molecular complexity index is 425. The molecule has 6 nitrogen and oxygen atoms in total. The van der Waals surface area contributed by atoms with Gasteiger partial charge in [0.2, 0.25) is 0 Å². The summed E-state index contributed by atoms with van der Waals surface area (Å²) < 4.78 is 5.43. The topological polar surface area (TPSA) is 69.0 Å². The molecule has 118 valence electrons. The lowest BCUT2D eigenvalue weighted by molar-refractivity contribution is 0.135. The van der Waals surface area contributed by atoms with Crippen LogP contribution in [0.5, 0.6) is 0 Å². The molecule has 0 aromatic carbocycles. The fourth-order valence-electron chi connectivity index (χ4n) is 2.63. The van der Waals surface area contributed by atoms with E-state index in [0.717, 1.165) is 18.6 Å². The summed E-state index contributed by atoms with van der Waals surface area (Å²) in [6, 6.07) is 3.76. The number of amides is 2. The molecule has 0 aliphatic carbocycles. The molecule has 21 heavy (non-hydrogen) atoms. The van der Waals surface area contributed by atoms with E-state index >= 15 is 0 Å². The number of carbonyl (C=O) groups excluding carboxylic acids is 1. The Hall–Kier alpha value is -1.53. The van der Waals surface area contributed by atoms with Gasteiger partial charge in [-0.25, -0.2) is 4.79 Å². The first-order valence-electron chi connectivity index (χ1n) is 7.45. The Labute approximate surface area is 125 Å². The SMILES string of the molecule is CN(C)[C@H](CNC(=O)N1CCC(CO)CC1)c1ccco1. The number of rotatable bonds is 5. The maximum Gasteiger partial charge on any atom is 0.317 e. The van der Waals surface area contributed by atoms with Crippen LogP contribution < -0.4 is 5.32 Å². The van der Waals surface area contributed by atoms with Gasteiger partial charge in [0.25, 0.3) is 0 Å². The molecule has 0 saturated carbocycles. The van der Waals surface area contributed by atoms with E-state index in [1.165, 1.54) is 0 Å². The monoisotopic (exact) mass is 295 g/mol. The summed E-state index contributed by atoms with van der Waals surface area (Å²) in [5, 5.41) is 12.1. The summed E-state index contributed by atoms with van der Waals surface area (Å²) in [6.45, 7) is 2.16. The molecular formula is C15H25N3O3. The van der Waals surface area contributed by atoms with Crippen molar-refractivity contribution in [2.24, 2.45) is 5.92 Å². The van der Waals surface area contributed by atoms with Gasteiger partial charge in [-0.3, -0.25) is 4.90 Å². The van der Waals surface area contributed by atoms with Crippen molar-refractivity contribution in [3.8, 4) is 0 Å². The first-order valence-corrected chi connectivity index (χ1v) is 7.45. The van der Waals surface area contributed by atoms with Crippen molar-refractivity contribution < 1.29 is 14.3 Å². The van der Waals surface area contributed by atoms with Gasteiger partial charge in [-0.2, -0.15) is 0 Å². The number of nitrogens with one attached hydrogen (secondary N) is 1. The zero-order chi connectivity index (χ0) is 15.2. The number of hydrogen-bond donors (Lipinski definition) is 2. The van der Waals surface area contributed by atoms with E-state index in [1.807, 2.05) is 36.0 Å². The van der Waals surface area contributed by atoms with E-state index in [-0.39, 0.29) is 18.7 Å². The maximum atomic E-state index is 12.2. The number of carbonyl (C=O) groups is 1. The van der Waals surface area contributed by atoms with Crippen molar-refractivity contribution in [3.05, 3.63) is 24.2 Å². The van der Waals surface area contributed by atoms with Gasteiger partial charge in [-0.05, 0) is 45.0 Å². The van der Waals surface area contributed by atoms with Crippen LogP contribution in [0.25, 0.3) is 0 Å². The molecule has 1 aromatic rings. The van der Waals surface area contributed by atoms with Crippen molar-refractivity contribution >= 4 is 6.03 Å². The van der Waals surface area contributed by atoms with Gasteiger partial charge in [0.05, 0.1) is 12.3 Å². The molecule has 0 spiro atoms. The summed E-state index contributed by atoms with van der Waals surface area (Å²) >= 11 is 0. The molecule has 1 aromatic heterocycles. The smallest absolute Gasteiger partial charge is 0.317 e. The predicted molar refractivity (Wildman–Crippen MR) is 79.9 cm³/mol. The third-order valence-corrected chi connectivity index (χ3v) is 4.10. The van der Waals surface area contributed by atoms with Crippen molar-refractivity contribution in [1.82, 2.24) is 15.1 Å². The second-order valence-electron chi connectivity index (χ2n) is 5.79. The maximum absolute atomic E-state index is 12.2. The van der Waals surface area contributed by atoms with Crippen LogP contribution in [0.1, 0.15) is 24.6 Å². The molecule has 1 fully saturated rings. The van der Waals surface area contributed by atoms with Crippen LogP contribution in [-0.2, 0) is 0 Å². The average Bonchev–Trinajstić information content (AvgIpc) is 3.01. The number of likely N-dealkylation sites (tertiary alicyclic amines) is 1. The lowest BCUT2D eigenvalue weighted by atomic mass is 9.98. The zero-order valence-electron chi connectivity index (χ0n) is 12.8. The molecular weight excluding hydrogens is 270 g/mol. The van der Waals surface area contributed by atoms with Crippen molar-refractivity contribution in [3.63, 3.8) is 0 Å². The van der Waals surface area contributed by atoms with Gasteiger partial charge in [-0.1, -0.05) is 0 Å². The summed E-state index contributed by atoms with van der Waals surface area (Å²) in [5.41, 5.74) is 0. The molecule has 0 radical (unpaired) electrons. The van der Waals surface area contributed by atoms with Crippen LogP contribution in [-0.4, -0.2) is 61.3 Å². The van der Waals surface area contributed by atoms with E-state index in [1.54, 1.807) is 6.26 Å². The second-order valence-corrected chi connectivity index (χ2v) is 5.79. The molecule has 1 saturated heterocycles. The third kappa shape index (κ3) is 4.22. The fraction of sp³-hybridized carbons (Fsp3) is 0.667. The number of piperidine rings is 1. The molecule has 1 aliphatic rings. The minimum atomic E-state index is -0.0372. The predicted octanol–water partition coefficient (Wildman–Crippen LogP) is 1.30. The average molecular weight is 295 g/mol. The molecule has 1 aliphatic heterocycles. The Morgan fingerprint density at radius 1 is 1.52 bits per heavy atom. The number of aliphatic hydroxyl groups is 1. The Kier molecular flexibility index (Phi) is 5.64. The van der Waals surface area contributed by atoms with Gasteiger partial charge in [0.1, 0.15) is 5.76 Å². The quantitative estimate of drug-likeness (QED) is 0.859. The van der Waals surface area contributed by atoms with Crippen LogP contribution in [0.15, 0.2) is 22.8 Å². The highest BCUT2D eigenvalue weighted by molar-refractivity contribution is 5.74. The largest absolute Gasteiger partial charge is 0.468 e. The first kappa shape index (κ1) is 15.9. The number of urea groups is 1. The Morgan fingerprint density at radius 2 is 2.24 bits per heavy atom. The first-order chi connectivity index (χ1) is 10.1. The molecule has 1 atom stereocenters. The van der Waals surface area contributed by atoms with Gasteiger partial charge < -0.3 is 19.7 Å². The van der Waals surface area contributed by atoms with Crippen molar-refractivity contribution in [2.45, 2.75) is 18.9 Å². The molecule has 0 unspecified atom stereocenters. The molecule has 2 N–H and O–H groups in total. The number of furan rings is 1. The highest BCUT2D eigenvalue weighted by Crippen LogP contribution is 2.19. The number of aliphatic hydroxyl groups excluding tert-OH is 1. The minimum absolute atomic E-state index is 0.0268. The number of nitrogens with zero attached hydrogens (tertiary/aromatic N) is 2. The summed E-state index contributed by atoms with van der Waals surface area (Å²) in [5.74, 6) is 1.19.